The Morgan fingerprint density at radius 1 is 1.43 bits per heavy atom. The van der Waals surface area contributed by atoms with Crippen molar-refractivity contribution in [2.45, 2.75) is 32.2 Å². The van der Waals surface area contributed by atoms with Crippen LogP contribution in [0.1, 0.15) is 37.0 Å². The molecule has 0 saturated heterocycles. The zero-order valence-corrected chi connectivity index (χ0v) is 11.8. The number of carbonyl (C=O) groups excluding carboxylic acids is 1. The molecule has 1 aromatic rings. The van der Waals surface area contributed by atoms with Gasteiger partial charge in [-0.25, -0.2) is 0 Å². The second-order valence-electron chi connectivity index (χ2n) is 5.25. The largest absolute Gasteiger partial charge is 0.481 e. The van der Waals surface area contributed by atoms with E-state index in [4.69, 9.17) is 10.8 Å². The third-order valence-corrected chi connectivity index (χ3v) is 2.92. The molecule has 0 saturated carbocycles. The van der Waals surface area contributed by atoms with Crippen molar-refractivity contribution >= 4 is 23.3 Å². The zero-order valence-electron chi connectivity index (χ0n) is 11.8. The van der Waals surface area contributed by atoms with Crippen molar-refractivity contribution in [3.05, 3.63) is 33.9 Å². The Balaban J connectivity index is 3.04. The summed E-state index contributed by atoms with van der Waals surface area (Å²) in [4.78, 5) is 32.1. The summed E-state index contributed by atoms with van der Waals surface area (Å²) in [6.07, 6.45) is 0.274. The van der Waals surface area contributed by atoms with E-state index < -0.39 is 22.3 Å². The van der Waals surface area contributed by atoms with Crippen LogP contribution >= 0.6 is 0 Å². The Morgan fingerprint density at radius 3 is 2.52 bits per heavy atom. The van der Waals surface area contributed by atoms with E-state index in [0.717, 1.165) is 6.07 Å². The first kappa shape index (κ1) is 16.4. The van der Waals surface area contributed by atoms with Crippen LogP contribution in [0.4, 0.5) is 11.4 Å². The van der Waals surface area contributed by atoms with Crippen molar-refractivity contribution in [3.8, 4) is 0 Å². The van der Waals surface area contributed by atoms with Crippen LogP contribution in [0.25, 0.3) is 0 Å². The van der Waals surface area contributed by atoms with E-state index in [1.165, 1.54) is 12.1 Å². The molecule has 0 bridgehead atoms. The van der Waals surface area contributed by atoms with E-state index >= 15 is 0 Å². The summed E-state index contributed by atoms with van der Waals surface area (Å²) in [6.45, 7) is 3.53. The van der Waals surface area contributed by atoms with E-state index in [1.54, 1.807) is 13.8 Å². The molecule has 8 heteroatoms. The van der Waals surface area contributed by atoms with Crippen molar-refractivity contribution in [2.24, 2.45) is 5.73 Å². The molecule has 4 N–H and O–H groups in total. The molecular formula is C13H17N3O5. The number of anilines is 1. The second-order valence-corrected chi connectivity index (χ2v) is 5.25. The van der Waals surface area contributed by atoms with Crippen molar-refractivity contribution in [3.63, 3.8) is 0 Å². The number of nitro benzene ring substituents is 1. The molecule has 0 aliphatic rings. The van der Waals surface area contributed by atoms with Crippen LogP contribution in [-0.2, 0) is 4.79 Å². The fourth-order valence-electron chi connectivity index (χ4n) is 1.81. The summed E-state index contributed by atoms with van der Waals surface area (Å²) >= 11 is 0. The first-order valence-electron chi connectivity index (χ1n) is 6.20. The summed E-state index contributed by atoms with van der Waals surface area (Å²) in [5.74, 6) is -1.72. The van der Waals surface area contributed by atoms with Crippen LogP contribution in [0.5, 0.6) is 0 Å². The number of primary amides is 1. The first-order valence-corrected chi connectivity index (χ1v) is 6.20. The number of nitrogens with zero attached hydrogens (tertiary/aromatic N) is 1. The molecule has 0 fully saturated rings. The number of non-ortho nitro benzene ring substituents is 1. The number of nitrogens with two attached hydrogens (primary N) is 1. The van der Waals surface area contributed by atoms with Gasteiger partial charge >= 0.3 is 5.97 Å². The van der Waals surface area contributed by atoms with Crippen molar-refractivity contribution in [1.29, 1.82) is 0 Å². The summed E-state index contributed by atoms with van der Waals surface area (Å²) in [7, 11) is 0. The van der Waals surface area contributed by atoms with Crippen LogP contribution in [0.3, 0.4) is 0 Å². The predicted octanol–water partition coefficient (Wildman–Crippen LogP) is 1.75. The Morgan fingerprint density at radius 2 is 2.05 bits per heavy atom. The Kier molecular flexibility index (Phi) is 4.85. The number of carbonyl (C=O) groups is 2. The van der Waals surface area contributed by atoms with Gasteiger partial charge in [-0.3, -0.25) is 19.7 Å². The number of amides is 1. The maximum absolute atomic E-state index is 11.4. The molecule has 0 atom stereocenters. The molecular weight excluding hydrogens is 278 g/mol. The monoisotopic (exact) mass is 295 g/mol. The normalized spacial score (nSPS) is 11.0. The van der Waals surface area contributed by atoms with Gasteiger partial charge in [-0.15, -0.1) is 0 Å². The molecule has 1 rings (SSSR count). The van der Waals surface area contributed by atoms with Gasteiger partial charge in [0.25, 0.3) is 11.6 Å². The number of rotatable bonds is 7. The van der Waals surface area contributed by atoms with Crippen LogP contribution in [0.2, 0.25) is 0 Å². The van der Waals surface area contributed by atoms with Crippen molar-refractivity contribution in [1.82, 2.24) is 0 Å². The topological polar surface area (TPSA) is 136 Å². The standard InChI is InChI=1S/C13H17N3O5/c1-13(2,6-5-11(17)18)15-10-4-3-8(16(20)21)7-9(10)12(14)19/h3-4,7,15H,5-6H2,1-2H3,(H2,14,19)(H,17,18). The average Bonchev–Trinajstić information content (AvgIpc) is 2.36. The molecule has 0 aliphatic heterocycles. The highest BCUT2D eigenvalue weighted by Gasteiger charge is 2.22. The number of aliphatic carboxylic acids is 1. The third-order valence-electron chi connectivity index (χ3n) is 2.92. The molecule has 0 spiro atoms. The van der Waals surface area contributed by atoms with Crippen LogP contribution in [-0.4, -0.2) is 27.4 Å². The van der Waals surface area contributed by atoms with Crippen LogP contribution in [0.15, 0.2) is 18.2 Å². The van der Waals surface area contributed by atoms with Gasteiger partial charge in [0.1, 0.15) is 0 Å². The predicted molar refractivity (Wildman–Crippen MR) is 76.2 cm³/mol. The summed E-state index contributed by atoms with van der Waals surface area (Å²) in [5.41, 5.74) is 4.71. The van der Waals surface area contributed by atoms with Gasteiger partial charge < -0.3 is 16.2 Å². The van der Waals surface area contributed by atoms with Crippen LogP contribution < -0.4 is 11.1 Å². The molecule has 0 unspecified atom stereocenters. The van der Waals surface area contributed by atoms with Gasteiger partial charge in [-0.05, 0) is 26.3 Å². The minimum Gasteiger partial charge on any atom is -0.481 e. The summed E-state index contributed by atoms with van der Waals surface area (Å²) < 4.78 is 0. The molecule has 21 heavy (non-hydrogen) atoms. The minimum absolute atomic E-state index is 0.00685. The highest BCUT2D eigenvalue weighted by molar-refractivity contribution is 5.99. The molecule has 0 aliphatic carbocycles. The number of benzene rings is 1. The van der Waals surface area contributed by atoms with E-state index in [9.17, 15) is 19.7 Å². The van der Waals surface area contributed by atoms with Gasteiger partial charge in [0.2, 0.25) is 0 Å². The Labute approximate surface area is 121 Å². The van der Waals surface area contributed by atoms with E-state index in [1.807, 2.05) is 0 Å². The van der Waals surface area contributed by atoms with E-state index in [0.29, 0.717) is 12.1 Å². The Hall–Kier alpha value is -2.64. The number of hydrogen-bond acceptors (Lipinski definition) is 5. The molecule has 1 aromatic carbocycles. The lowest BCUT2D eigenvalue weighted by molar-refractivity contribution is -0.384. The highest BCUT2D eigenvalue weighted by Crippen LogP contribution is 2.26. The molecule has 1 amide bonds. The van der Waals surface area contributed by atoms with E-state index in [2.05, 4.69) is 5.32 Å². The zero-order chi connectivity index (χ0) is 16.2. The van der Waals surface area contributed by atoms with Gasteiger partial charge in [-0.1, -0.05) is 0 Å². The average molecular weight is 295 g/mol. The lowest BCUT2D eigenvalue weighted by atomic mass is 9.97. The summed E-state index contributed by atoms with van der Waals surface area (Å²) in [5, 5.41) is 22.4. The van der Waals surface area contributed by atoms with Gasteiger partial charge in [0.15, 0.2) is 0 Å². The van der Waals surface area contributed by atoms with Gasteiger partial charge in [0, 0.05) is 29.8 Å². The minimum atomic E-state index is -0.927. The lowest BCUT2D eigenvalue weighted by Gasteiger charge is -2.28. The maximum Gasteiger partial charge on any atom is 0.303 e. The fraction of sp³-hybridized carbons (Fsp3) is 0.385. The number of hydrogen-bond donors (Lipinski definition) is 3. The quantitative estimate of drug-likeness (QED) is 0.518. The second kappa shape index (κ2) is 6.21. The lowest BCUT2D eigenvalue weighted by Crippen LogP contribution is -2.32. The smallest absolute Gasteiger partial charge is 0.303 e. The fourth-order valence-corrected chi connectivity index (χ4v) is 1.81. The van der Waals surface area contributed by atoms with Crippen molar-refractivity contribution < 1.29 is 19.6 Å². The maximum atomic E-state index is 11.4. The third kappa shape index (κ3) is 4.75. The summed E-state index contributed by atoms with van der Waals surface area (Å²) in [6, 6.07) is 3.74. The van der Waals surface area contributed by atoms with E-state index in [-0.39, 0.29) is 17.7 Å². The molecule has 114 valence electrons. The highest BCUT2D eigenvalue weighted by atomic mass is 16.6. The number of carboxylic acids is 1. The molecule has 0 aromatic heterocycles. The van der Waals surface area contributed by atoms with Crippen molar-refractivity contribution in [2.75, 3.05) is 5.32 Å². The van der Waals surface area contributed by atoms with Gasteiger partial charge in [-0.2, -0.15) is 0 Å². The molecule has 0 heterocycles. The number of carboxylic acid groups (broad SMARTS) is 1. The number of nitrogens with one attached hydrogen (secondary N) is 1. The Bertz CT molecular complexity index is 583. The number of nitro groups is 1. The van der Waals surface area contributed by atoms with Gasteiger partial charge in [0.05, 0.1) is 10.5 Å². The SMILES string of the molecule is CC(C)(CCC(=O)O)Nc1ccc([N+](=O)[O-])cc1C(N)=O. The first-order chi connectivity index (χ1) is 9.62. The van der Waals surface area contributed by atoms with Crippen LogP contribution in [0, 0.1) is 10.1 Å². The molecule has 0 radical (unpaired) electrons. The molecule has 8 nitrogen and oxygen atoms in total.